The quantitative estimate of drug-likeness (QED) is 0.373. The predicted molar refractivity (Wildman–Crippen MR) is 166 cm³/mol. The largest absolute Gasteiger partial charge is 0.491 e. The fraction of sp³-hybridized carbons (Fsp3) is 0.697. The van der Waals surface area contributed by atoms with Gasteiger partial charge in [-0.3, -0.25) is 19.2 Å². The molecule has 0 radical (unpaired) electrons. The summed E-state index contributed by atoms with van der Waals surface area (Å²) in [6.45, 7) is 7.79. The molecule has 4 rings (SSSR count). The molecular weight excluding hydrogens is 546 g/mol. The van der Waals surface area contributed by atoms with Gasteiger partial charge in [0.15, 0.2) is 0 Å². The van der Waals surface area contributed by atoms with Crippen molar-refractivity contribution in [1.82, 2.24) is 26.2 Å². The minimum absolute atomic E-state index is 0.00688. The summed E-state index contributed by atoms with van der Waals surface area (Å²) in [5, 5.41) is 12.1. The van der Waals surface area contributed by atoms with Crippen molar-refractivity contribution in [3.05, 3.63) is 29.8 Å². The van der Waals surface area contributed by atoms with E-state index in [0.29, 0.717) is 30.7 Å². The van der Waals surface area contributed by atoms with Crippen LogP contribution in [0.5, 0.6) is 5.75 Å². The number of likely N-dealkylation sites (tertiary alicyclic amines) is 1. The molecule has 4 N–H and O–H groups in total. The van der Waals surface area contributed by atoms with Crippen LogP contribution >= 0.6 is 0 Å². The highest BCUT2D eigenvalue weighted by atomic mass is 16.5. The fourth-order valence-electron chi connectivity index (χ4n) is 6.34. The Morgan fingerprint density at radius 3 is 2.42 bits per heavy atom. The van der Waals surface area contributed by atoms with Gasteiger partial charge in [-0.2, -0.15) is 0 Å². The van der Waals surface area contributed by atoms with Gasteiger partial charge in [-0.25, -0.2) is 0 Å². The number of amides is 4. The minimum atomic E-state index is -0.991. The molecule has 1 saturated heterocycles. The molecular formula is C33H51N5O5. The monoisotopic (exact) mass is 597 g/mol. The zero-order valence-electron chi connectivity index (χ0n) is 26.1. The van der Waals surface area contributed by atoms with E-state index in [9.17, 15) is 19.2 Å². The summed E-state index contributed by atoms with van der Waals surface area (Å²) < 4.78 is 6.13. The molecule has 2 atom stereocenters. The number of rotatable bonds is 6. The van der Waals surface area contributed by atoms with Gasteiger partial charge < -0.3 is 30.9 Å². The molecule has 1 spiro atoms. The molecule has 0 aromatic heterocycles. The minimum Gasteiger partial charge on any atom is -0.491 e. The average molecular weight is 598 g/mol. The van der Waals surface area contributed by atoms with Crippen LogP contribution in [-0.4, -0.2) is 78.9 Å². The molecule has 10 nitrogen and oxygen atoms in total. The molecule has 3 aliphatic rings. The SMILES string of the molecule is CC(C)[C@@H]1COc2ccccc2C(=O)N[C@H](C(=O)NCCCN2CCCCCC2)CCC(=O)NC2(CCCCC2)C(=O)N1. The lowest BCUT2D eigenvalue weighted by Gasteiger charge is -2.38. The maximum absolute atomic E-state index is 13.7. The molecule has 2 heterocycles. The summed E-state index contributed by atoms with van der Waals surface area (Å²) in [6, 6.07) is 5.68. The van der Waals surface area contributed by atoms with Gasteiger partial charge >= 0.3 is 0 Å². The van der Waals surface area contributed by atoms with Crippen LogP contribution in [0.4, 0.5) is 0 Å². The van der Waals surface area contributed by atoms with Gasteiger partial charge in [0.05, 0.1) is 11.6 Å². The van der Waals surface area contributed by atoms with E-state index in [1.807, 2.05) is 13.8 Å². The van der Waals surface area contributed by atoms with Crippen LogP contribution in [0.3, 0.4) is 0 Å². The van der Waals surface area contributed by atoms with Crippen molar-refractivity contribution in [2.24, 2.45) is 5.92 Å². The first kappa shape index (κ1) is 32.8. The van der Waals surface area contributed by atoms with Crippen molar-refractivity contribution in [2.75, 3.05) is 32.8 Å². The Kier molecular flexibility index (Phi) is 12.3. The molecule has 10 heteroatoms. The number of nitrogens with zero attached hydrogens (tertiary/aromatic N) is 1. The van der Waals surface area contributed by atoms with Gasteiger partial charge in [0, 0.05) is 13.0 Å². The number of para-hydroxylation sites is 1. The molecule has 4 amide bonds. The second-order valence-corrected chi connectivity index (χ2v) is 12.8. The number of ether oxygens (including phenoxy) is 1. The van der Waals surface area contributed by atoms with E-state index < -0.39 is 17.5 Å². The molecule has 43 heavy (non-hydrogen) atoms. The van der Waals surface area contributed by atoms with Crippen molar-refractivity contribution in [3.63, 3.8) is 0 Å². The molecule has 1 saturated carbocycles. The third-order valence-corrected chi connectivity index (χ3v) is 9.12. The second kappa shape index (κ2) is 16.1. The van der Waals surface area contributed by atoms with E-state index in [0.717, 1.165) is 45.3 Å². The van der Waals surface area contributed by atoms with E-state index in [1.54, 1.807) is 24.3 Å². The molecule has 238 valence electrons. The van der Waals surface area contributed by atoms with E-state index in [-0.39, 0.29) is 49.1 Å². The normalized spacial score (nSPS) is 24.3. The maximum Gasteiger partial charge on any atom is 0.255 e. The van der Waals surface area contributed by atoms with Crippen molar-refractivity contribution in [1.29, 1.82) is 0 Å². The summed E-state index contributed by atoms with van der Waals surface area (Å²) in [6.07, 6.45) is 9.78. The van der Waals surface area contributed by atoms with Crippen LogP contribution in [0.25, 0.3) is 0 Å². The van der Waals surface area contributed by atoms with Gasteiger partial charge in [0.1, 0.15) is 23.9 Å². The molecule has 0 bridgehead atoms. The number of hydrogen-bond acceptors (Lipinski definition) is 6. The maximum atomic E-state index is 13.7. The number of carbonyl (C=O) groups is 4. The summed E-state index contributed by atoms with van der Waals surface area (Å²) >= 11 is 0. The van der Waals surface area contributed by atoms with Crippen molar-refractivity contribution < 1.29 is 23.9 Å². The molecule has 1 aromatic rings. The first-order valence-corrected chi connectivity index (χ1v) is 16.4. The average Bonchev–Trinajstić information content (AvgIpc) is 3.28. The molecule has 0 unspecified atom stereocenters. The van der Waals surface area contributed by atoms with Crippen LogP contribution < -0.4 is 26.0 Å². The number of carbonyl (C=O) groups excluding carboxylic acids is 4. The van der Waals surface area contributed by atoms with E-state index >= 15 is 0 Å². The molecule has 2 fully saturated rings. The zero-order valence-corrected chi connectivity index (χ0v) is 26.1. The van der Waals surface area contributed by atoms with Crippen LogP contribution in [0.1, 0.15) is 101 Å². The van der Waals surface area contributed by atoms with Gasteiger partial charge in [0.25, 0.3) is 5.91 Å². The van der Waals surface area contributed by atoms with Crippen molar-refractivity contribution >= 4 is 23.6 Å². The van der Waals surface area contributed by atoms with Gasteiger partial charge in [-0.15, -0.1) is 0 Å². The Balaban J connectivity index is 1.50. The molecule has 2 aliphatic heterocycles. The third-order valence-electron chi connectivity index (χ3n) is 9.12. The lowest BCUT2D eigenvalue weighted by molar-refractivity contribution is -0.136. The van der Waals surface area contributed by atoms with Crippen LogP contribution in [0.15, 0.2) is 24.3 Å². The lowest BCUT2D eigenvalue weighted by atomic mass is 9.80. The zero-order chi connectivity index (χ0) is 30.7. The predicted octanol–water partition coefficient (Wildman–Crippen LogP) is 3.30. The number of nitrogens with one attached hydrogen (secondary N) is 4. The third kappa shape index (κ3) is 9.42. The Morgan fingerprint density at radius 1 is 1.00 bits per heavy atom. The molecule has 1 aromatic carbocycles. The van der Waals surface area contributed by atoms with E-state index in [1.165, 1.54) is 25.7 Å². The second-order valence-electron chi connectivity index (χ2n) is 12.8. The Morgan fingerprint density at radius 2 is 1.70 bits per heavy atom. The van der Waals surface area contributed by atoms with Gasteiger partial charge in [-0.05, 0) is 76.2 Å². The summed E-state index contributed by atoms with van der Waals surface area (Å²) in [5.41, 5.74) is -0.687. The standard InChI is InChI=1S/C33H51N5O5/c1-24(2)27-23-43-28-14-7-6-13-25(28)30(40)35-26(31(41)34-19-12-22-38-20-10-3-4-11-21-38)15-16-29(39)37-33(32(42)36-27)17-8-5-9-18-33/h6-7,13-14,24,26-27H,3-5,8-12,15-23H2,1-2H3,(H,34,41)(H,35,40)(H,36,42)(H,37,39)/t26-,27-/m0/s1. The topological polar surface area (TPSA) is 129 Å². The lowest BCUT2D eigenvalue weighted by Crippen LogP contribution is -2.62. The molecule has 1 aliphatic carbocycles. The number of fused-ring (bicyclic) bond motifs is 1. The highest BCUT2D eigenvalue weighted by molar-refractivity contribution is 6.00. The van der Waals surface area contributed by atoms with Gasteiger partial charge in [0.2, 0.25) is 17.7 Å². The summed E-state index contributed by atoms with van der Waals surface area (Å²) in [4.78, 5) is 56.3. The number of hydrogen-bond donors (Lipinski definition) is 4. The highest BCUT2D eigenvalue weighted by Crippen LogP contribution is 2.29. The van der Waals surface area contributed by atoms with E-state index in [2.05, 4.69) is 26.2 Å². The fourth-order valence-corrected chi connectivity index (χ4v) is 6.34. The highest BCUT2D eigenvalue weighted by Gasteiger charge is 2.42. The number of benzene rings is 1. The summed E-state index contributed by atoms with van der Waals surface area (Å²) in [5.74, 6) is -0.802. The van der Waals surface area contributed by atoms with Crippen molar-refractivity contribution in [2.45, 2.75) is 109 Å². The van der Waals surface area contributed by atoms with Crippen molar-refractivity contribution in [3.8, 4) is 5.75 Å². The Hall–Kier alpha value is -3.14. The smallest absolute Gasteiger partial charge is 0.255 e. The Bertz CT molecular complexity index is 1090. The Labute approximate surface area is 256 Å². The first-order valence-electron chi connectivity index (χ1n) is 16.4. The first-order chi connectivity index (χ1) is 20.8. The van der Waals surface area contributed by atoms with E-state index in [4.69, 9.17) is 4.74 Å². The van der Waals surface area contributed by atoms with Crippen LogP contribution in [-0.2, 0) is 14.4 Å². The van der Waals surface area contributed by atoms with Crippen LogP contribution in [0, 0.1) is 5.92 Å². The van der Waals surface area contributed by atoms with Crippen LogP contribution in [0.2, 0.25) is 0 Å². The van der Waals surface area contributed by atoms with Gasteiger partial charge in [-0.1, -0.05) is 58.1 Å². The summed E-state index contributed by atoms with van der Waals surface area (Å²) in [7, 11) is 0.